The Balaban J connectivity index is 1.50. The molecular formula is C20H22Cl2N4O3S. The van der Waals surface area contributed by atoms with Crippen LogP contribution < -0.4 is 5.43 Å². The summed E-state index contributed by atoms with van der Waals surface area (Å²) < 4.78 is 26.9. The van der Waals surface area contributed by atoms with E-state index in [-0.39, 0.29) is 17.3 Å². The SMILES string of the molecule is Cc1ccc(S(=O)(=O)N2CCN(CC(=O)N/N=C/c3c(Cl)cccc3Cl)CC2)cc1. The monoisotopic (exact) mass is 468 g/mol. The van der Waals surface area contributed by atoms with Crippen molar-refractivity contribution in [3.05, 3.63) is 63.6 Å². The third-order valence-corrected chi connectivity index (χ3v) is 7.31. The molecule has 0 aliphatic carbocycles. The van der Waals surface area contributed by atoms with E-state index in [4.69, 9.17) is 23.2 Å². The Kier molecular flexibility index (Phi) is 7.49. The molecule has 0 unspecified atom stereocenters. The van der Waals surface area contributed by atoms with Crippen molar-refractivity contribution in [1.82, 2.24) is 14.6 Å². The van der Waals surface area contributed by atoms with Crippen LogP contribution in [0.25, 0.3) is 0 Å². The Bertz CT molecular complexity index is 1010. The first-order valence-corrected chi connectivity index (χ1v) is 11.5. The molecule has 0 radical (unpaired) electrons. The summed E-state index contributed by atoms with van der Waals surface area (Å²) in [6, 6.07) is 11.9. The number of carbonyl (C=O) groups excluding carboxylic acids is 1. The van der Waals surface area contributed by atoms with E-state index in [0.29, 0.717) is 41.8 Å². The number of nitrogens with zero attached hydrogens (tertiary/aromatic N) is 3. The number of nitrogens with one attached hydrogen (secondary N) is 1. The average molecular weight is 469 g/mol. The van der Waals surface area contributed by atoms with Gasteiger partial charge in [0.15, 0.2) is 0 Å². The van der Waals surface area contributed by atoms with E-state index < -0.39 is 10.0 Å². The standard InChI is InChI=1S/C20H22Cl2N4O3S/c1-15-5-7-16(8-6-15)30(28,29)26-11-9-25(10-12-26)14-20(27)24-23-13-17-18(21)3-2-4-19(17)22/h2-8,13H,9-12,14H2,1H3,(H,24,27)/b23-13+. The molecule has 3 rings (SSSR count). The number of hydrazone groups is 1. The second-order valence-electron chi connectivity index (χ2n) is 6.92. The average Bonchev–Trinajstić information content (AvgIpc) is 2.71. The van der Waals surface area contributed by atoms with Crippen molar-refractivity contribution in [2.75, 3.05) is 32.7 Å². The highest BCUT2D eigenvalue weighted by atomic mass is 35.5. The van der Waals surface area contributed by atoms with Gasteiger partial charge >= 0.3 is 0 Å². The predicted octanol–water partition coefficient (Wildman–Crippen LogP) is 2.76. The highest BCUT2D eigenvalue weighted by Crippen LogP contribution is 2.22. The number of aryl methyl sites for hydroxylation is 1. The molecule has 1 N–H and O–H groups in total. The van der Waals surface area contributed by atoms with Gasteiger partial charge in [0, 0.05) is 31.7 Å². The van der Waals surface area contributed by atoms with Gasteiger partial charge in [-0.2, -0.15) is 9.41 Å². The maximum atomic E-state index is 12.7. The number of hydrogen-bond acceptors (Lipinski definition) is 5. The minimum absolute atomic E-state index is 0.117. The highest BCUT2D eigenvalue weighted by Gasteiger charge is 2.28. The van der Waals surface area contributed by atoms with Crippen molar-refractivity contribution in [1.29, 1.82) is 0 Å². The van der Waals surface area contributed by atoms with E-state index >= 15 is 0 Å². The molecule has 2 aromatic rings. The molecule has 7 nitrogen and oxygen atoms in total. The van der Waals surface area contributed by atoms with E-state index in [1.807, 2.05) is 11.8 Å². The maximum absolute atomic E-state index is 12.7. The summed E-state index contributed by atoms with van der Waals surface area (Å²) in [6.45, 7) is 3.58. The van der Waals surface area contributed by atoms with Gasteiger partial charge in [-0.3, -0.25) is 9.69 Å². The topological polar surface area (TPSA) is 82.1 Å². The molecule has 0 bridgehead atoms. The minimum atomic E-state index is -3.53. The van der Waals surface area contributed by atoms with Gasteiger partial charge in [0.1, 0.15) is 0 Å². The molecule has 10 heteroatoms. The van der Waals surface area contributed by atoms with Crippen molar-refractivity contribution < 1.29 is 13.2 Å². The fourth-order valence-electron chi connectivity index (χ4n) is 3.03. The van der Waals surface area contributed by atoms with Crippen LogP contribution in [0.2, 0.25) is 10.0 Å². The number of sulfonamides is 1. The molecule has 0 aromatic heterocycles. The molecule has 30 heavy (non-hydrogen) atoms. The van der Waals surface area contributed by atoms with Crippen LogP contribution in [0.1, 0.15) is 11.1 Å². The quantitative estimate of drug-likeness (QED) is 0.521. The largest absolute Gasteiger partial charge is 0.292 e. The van der Waals surface area contributed by atoms with Gasteiger partial charge in [-0.1, -0.05) is 47.0 Å². The summed E-state index contributed by atoms with van der Waals surface area (Å²) in [4.78, 5) is 14.3. The van der Waals surface area contributed by atoms with Crippen LogP contribution in [-0.2, 0) is 14.8 Å². The number of rotatable bonds is 6. The summed E-state index contributed by atoms with van der Waals surface area (Å²) in [5, 5.41) is 4.78. The number of benzene rings is 2. The van der Waals surface area contributed by atoms with E-state index in [1.165, 1.54) is 10.5 Å². The van der Waals surface area contributed by atoms with Gasteiger partial charge in [-0.15, -0.1) is 0 Å². The van der Waals surface area contributed by atoms with Crippen LogP contribution in [0.5, 0.6) is 0 Å². The van der Waals surface area contributed by atoms with Crippen LogP contribution in [0.4, 0.5) is 0 Å². The second kappa shape index (κ2) is 9.89. The first kappa shape index (κ1) is 22.7. The normalized spacial score (nSPS) is 16.1. The molecule has 1 aliphatic heterocycles. The lowest BCUT2D eigenvalue weighted by Gasteiger charge is -2.33. The van der Waals surface area contributed by atoms with Gasteiger partial charge in [0.25, 0.3) is 5.91 Å². The summed E-state index contributed by atoms with van der Waals surface area (Å²) in [5.41, 5.74) is 3.97. The molecule has 1 saturated heterocycles. The third kappa shape index (κ3) is 5.59. The van der Waals surface area contributed by atoms with Crippen LogP contribution in [0.3, 0.4) is 0 Å². The Morgan fingerprint density at radius 1 is 1.07 bits per heavy atom. The number of carbonyl (C=O) groups is 1. The molecular weight excluding hydrogens is 447 g/mol. The first-order valence-electron chi connectivity index (χ1n) is 9.32. The van der Waals surface area contributed by atoms with Gasteiger partial charge in [-0.25, -0.2) is 13.8 Å². The fraction of sp³-hybridized carbons (Fsp3) is 0.300. The Morgan fingerprint density at radius 2 is 1.67 bits per heavy atom. The van der Waals surface area contributed by atoms with E-state index in [2.05, 4.69) is 10.5 Å². The lowest BCUT2D eigenvalue weighted by atomic mass is 10.2. The molecule has 0 saturated carbocycles. The van der Waals surface area contributed by atoms with Crippen molar-refractivity contribution in [2.45, 2.75) is 11.8 Å². The Hall–Kier alpha value is -1.97. The molecule has 2 aromatic carbocycles. The fourth-order valence-corrected chi connectivity index (χ4v) is 4.95. The number of amides is 1. The van der Waals surface area contributed by atoms with E-state index in [1.54, 1.807) is 42.5 Å². The zero-order chi connectivity index (χ0) is 21.7. The van der Waals surface area contributed by atoms with Crippen molar-refractivity contribution in [3.63, 3.8) is 0 Å². The summed E-state index contributed by atoms with van der Waals surface area (Å²) in [7, 11) is -3.53. The van der Waals surface area contributed by atoms with Gasteiger partial charge in [0.2, 0.25) is 10.0 Å². The second-order valence-corrected chi connectivity index (χ2v) is 9.67. The minimum Gasteiger partial charge on any atom is -0.292 e. The summed E-state index contributed by atoms with van der Waals surface area (Å²) in [6.07, 6.45) is 1.40. The van der Waals surface area contributed by atoms with Crippen LogP contribution in [0, 0.1) is 6.92 Å². The zero-order valence-electron chi connectivity index (χ0n) is 16.4. The van der Waals surface area contributed by atoms with Crippen molar-refractivity contribution >= 4 is 45.3 Å². The maximum Gasteiger partial charge on any atom is 0.254 e. The van der Waals surface area contributed by atoms with Crippen LogP contribution >= 0.6 is 23.2 Å². The lowest BCUT2D eigenvalue weighted by molar-refractivity contribution is -0.122. The van der Waals surface area contributed by atoms with E-state index in [9.17, 15) is 13.2 Å². The third-order valence-electron chi connectivity index (χ3n) is 4.74. The molecule has 0 spiro atoms. The summed E-state index contributed by atoms with van der Waals surface area (Å²) in [5.74, 6) is -0.302. The molecule has 1 heterocycles. The van der Waals surface area contributed by atoms with Crippen molar-refractivity contribution in [2.24, 2.45) is 5.10 Å². The number of piperazine rings is 1. The predicted molar refractivity (Wildman–Crippen MR) is 119 cm³/mol. The molecule has 160 valence electrons. The summed E-state index contributed by atoms with van der Waals surface area (Å²) >= 11 is 12.1. The van der Waals surface area contributed by atoms with Gasteiger partial charge < -0.3 is 0 Å². The molecule has 1 amide bonds. The Labute approximate surface area is 186 Å². The smallest absolute Gasteiger partial charge is 0.254 e. The zero-order valence-corrected chi connectivity index (χ0v) is 18.7. The van der Waals surface area contributed by atoms with Gasteiger partial charge in [-0.05, 0) is 31.2 Å². The number of hydrogen-bond donors (Lipinski definition) is 1. The molecule has 1 aliphatic rings. The van der Waals surface area contributed by atoms with Crippen molar-refractivity contribution in [3.8, 4) is 0 Å². The highest BCUT2D eigenvalue weighted by molar-refractivity contribution is 7.89. The van der Waals surface area contributed by atoms with Crippen LogP contribution in [0.15, 0.2) is 52.5 Å². The number of halogens is 2. The van der Waals surface area contributed by atoms with Crippen LogP contribution in [-0.4, -0.2) is 62.5 Å². The lowest BCUT2D eigenvalue weighted by Crippen LogP contribution is -2.50. The first-order chi connectivity index (χ1) is 14.3. The molecule has 1 fully saturated rings. The van der Waals surface area contributed by atoms with Gasteiger partial charge in [0.05, 0.1) is 27.7 Å². The Morgan fingerprint density at radius 3 is 2.27 bits per heavy atom. The van der Waals surface area contributed by atoms with E-state index in [0.717, 1.165) is 5.56 Å². The molecule has 0 atom stereocenters.